The summed E-state index contributed by atoms with van der Waals surface area (Å²) in [5.41, 5.74) is 5.79. The van der Waals surface area contributed by atoms with Gasteiger partial charge < -0.3 is 15.5 Å². The third-order valence-corrected chi connectivity index (χ3v) is 3.86. The Bertz CT molecular complexity index is 243. The molecular weight excluding hydrogens is 214 g/mol. The van der Waals surface area contributed by atoms with Gasteiger partial charge in [-0.1, -0.05) is 6.92 Å². The highest BCUT2D eigenvalue weighted by molar-refractivity contribution is 5.75. The summed E-state index contributed by atoms with van der Waals surface area (Å²) in [4.78, 5) is 15.6. The smallest absolute Gasteiger partial charge is 0.222 e. The summed E-state index contributed by atoms with van der Waals surface area (Å²) >= 11 is 0. The zero-order valence-corrected chi connectivity index (χ0v) is 11.5. The molecule has 0 aliphatic carbocycles. The average molecular weight is 241 g/mol. The van der Waals surface area contributed by atoms with Gasteiger partial charge in [0.2, 0.25) is 5.91 Å². The van der Waals surface area contributed by atoms with Crippen LogP contribution in [0, 0.1) is 11.8 Å². The number of hydrogen-bond donors (Lipinski definition) is 1. The van der Waals surface area contributed by atoms with Crippen molar-refractivity contribution in [1.29, 1.82) is 0 Å². The molecule has 0 aromatic heterocycles. The largest absolute Gasteiger partial charge is 0.349 e. The van der Waals surface area contributed by atoms with Crippen molar-refractivity contribution in [3.63, 3.8) is 0 Å². The third kappa shape index (κ3) is 4.64. The van der Waals surface area contributed by atoms with Gasteiger partial charge in [-0.05, 0) is 44.3 Å². The average Bonchev–Trinajstić information content (AvgIpc) is 2.31. The van der Waals surface area contributed by atoms with Crippen molar-refractivity contribution in [3.05, 3.63) is 0 Å². The number of hydrogen-bond acceptors (Lipinski definition) is 3. The molecule has 1 aliphatic heterocycles. The lowest BCUT2D eigenvalue weighted by Crippen LogP contribution is -2.43. The van der Waals surface area contributed by atoms with E-state index in [-0.39, 0.29) is 5.91 Å². The van der Waals surface area contributed by atoms with Crippen LogP contribution in [0.1, 0.15) is 26.2 Å². The summed E-state index contributed by atoms with van der Waals surface area (Å²) in [5.74, 6) is 1.61. The number of nitrogens with two attached hydrogens (primary N) is 1. The van der Waals surface area contributed by atoms with Crippen LogP contribution in [-0.4, -0.2) is 56.0 Å². The Morgan fingerprint density at radius 2 is 2.18 bits per heavy atom. The van der Waals surface area contributed by atoms with Gasteiger partial charge in [0.15, 0.2) is 0 Å². The summed E-state index contributed by atoms with van der Waals surface area (Å²) < 4.78 is 0. The van der Waals surface area contributed by atoms with Crippen molar-refractivity contribution in [2.75, 3.05) is 40.3 Å². The molecule has 2 atom stereocenters. The van der Waals surface area contributed by atoms with Gasteiger partial charge in [-0.2, -0.15) is 0 Å². The summed E-state index contributed by atoms with van der Waals surface area (Å²) in [7, 11) is 3.63. The monoisotopic (exact) mass is 241 g/mol. The number of likely N-dealkylation sites (tertiary alicyclic amines) is 1. The standard InChI is InChI=1S/C13H27N3O/c1-11-6-8-16(10-12(11)9-14)7-4-5-13(17)15(2)3/h11-12H,4-10,14H2,1-3H3. The highest BCUT2D eigenvalue weighted by atomic mass is 16.2. The van der Waals surface area contributed by atoms with Gasteiger partial charge in [-0.25, -0.2) is 0 Å². The fourth-order valence-electron chi connectivity index (χ4n) is 2.41. The lowest BCUT2D eigenvalue weighted by Gasteiger charge is -2.36. The highest BCUT2D eigenvalue weighted by Gasteiger charge is 2.24. The first-order chi connectivity index (χ1) is 8.04. The predicted molar refractivity (Wildman–Crippen MR) is 70.7 cm³/mol. The van der Waals surface area contributed by atoms with Crippen molar-refractivity contribution in [1.82, 2.24) is 9.80 Å². The van der Waals surface area contributed by atoms with Gasteiger partial charge in [-0.15, -0.1) is 0 Å². The fourth-order valence-corrected chi connectivity index (χ4v) is 2.41. The molecule has 1 amide bonds. The summed E-state index contributed by atoms with van der Waals surface area (Å²) in [6, 6.07) is 0. The lowest BCUT2D eigenvalue weighted by atomic mass is 9.87. The second kappa shape index (κ2) is 6.97. The van der Waals surface area contributed by atoms with E-state index in [4.69, 9.17) is 5.73 Å². The molecule has 4 nitrogen and oxygen atoms in total. The maximum absolute atomic E-state index is 11.4. The van der Waals surface area contributed by atoms with Gasteiger partial charge in [0.1, 0.15) is 0 Å². The third-order valence-electron chi connectivity index (χ3n) is 3.86. The van der Waals surface area contributed by atoms with E-state index in [1.807, 2.05) is 14.1 Å². The first-order valence-electron chi connectivity index (χ1n) is 6.67. The molecule has 0 bridgehead atoms. The molecule has 1 fully saturated rings. The minimum Gasteiger partial charge on any atom is -0.349 e. The molecule has 1 saturated heterocycles. The Balaban J connectivity index is 2.22. The van der Waals surface area contributed by atoms with Crippen LogP contribution in [0.4, 0.5) is 0 Å². The van der Waals surface area contributed by atoms with Crippen molar-refractivity contribution in [3.8, 4) is 0 Å². The second-order valence-electron chi connectivity index (χ2n) is 5.45. The van der Waals surface area contributed by atoms with E-state index < -0.39 is 0 Å². The molecule has 0 spiro atoms. The topological polar surface area (TPSA) is 49.6 Å². The van der Waals surface area contributed by atoms with Crippen LogP contribution in [-0.2, 0) is 4.79 Å². The summed E-state index contributed by atoms with van der Waals surface area (Å²) in [6.07, 6.45) is 2.86. The van der Waals surface area contributed by atoms with E-state index in [1.54, 1.807) is 4.90 Å². The first-order valence-corrected chi connectivity index (χ1v) is 6.67. The Kier molecular flexibility index (Phi) is 5.92. The quantitative estimate of drug-likeness (QED) is 0.773. The van der Waals surface area contributed by atoms with Crippen molar-refractivity contribution >= 4 is 5.91 Å². The highest BCUT2D eigenvalue weighted by Crippen LogP contribution is 2.22. The van der Waals surface area contributed by atoms with Gasteiger partial charge in [-0.3, -0.25) is 4.79 Å². The van der Waals surface area contributed by atoms with Crippen LogP contribution in [0.3, 0.4) is 0 Å². The van der Waals surface area contributed by atoms with E-state index in [9.17, 15) is 4.79 Å². The van der Waals surface area contributed by atoms with Gasteiger partial charge in [0.05, 0.1) is 0 Å². The molecule has 1 rings (SSSR count). The molecule has 100 valence electrons. The van der Waals surface area contributed by atoms with Gasteiger partial charge in [0.25, 0.3) is 0 Å². The Morgan fingerprint density at radius 3 is 2.76 bits per heavy atom. The molecule has 4 heteroatoms. The first kappa shape index (κ1) is 14.5. The number of amides is 1. The van der Waals surface area contributed by atoms with Crippen LogP contribution in [0.5, 0.6) is 0 Å². The molecule has 1 aliphatic rings. The Labute approximate surface area is 105 Å². The molecule has 0 aromatic carbocycles. The maximum atomic E-state index is 11.4. The minimum absolute atomic E-state index is 0.228. The van der Waals surface area contributed by atoms with E-state index in [1.165, 1.54) is 6.42 Å². The summed E-state index contributed by atoms with van der Waals surface area (Å²) in [6.45, 7) is 6.38. The lowest BCUT2D eigenvalue weighted by molar-refractivity contribution is -0.128. The predicted octanol–water partition coefficient (Wildman–Crippen LogP) is 0.772. The maximum Gasteiger partial charge on any atom is 0.222 e. The second-order valence-corrected chi connectivity index (χ2v) is 5.45. The zero-order chi connectivity index (χ0) is 12.8. The fraction of sp³-hybridized carbons (Fsp3) is 0.923. The number of piperidine rings is 1. The Hall–Kier alpha value is -0.610. The number of carbonyl (C=O) groups is 1. The van der Waals surface area contributed by atoms with Gasteiger partial charge >= 0.3 is 0 Å². The molecular formula is C13H27N3O. The molecule has 2 N–H and O–H groups in total. The Morgan fingerprint density at radius 1 is 1.47 bits per heavy atom. The molecule has 17 heavy (non-hydrogen) atoms. The van der Waals surface area contributed by atoms with E-state index in [0.717, 1.165) is 38.5 Å². The number of carbonyl (C=O) groups excluding carboxylic acids is 1. The molecule has 2 unspecified atom stereocenters. The summed E-state index contributed by atoms with van der Waals surface area (Å²) in [5, 5.41) is 0. The molecule has 0 aromatic rings. The van der Waals surface area contributed by atoms with Crippen LogP contribution in [0.25, 0.3) is 0 Å². The van der Waals surface area contributed by atoms with Crippen LogP contribution in [0.2, 0.25) is 0 Å². The van der Waals surface area contributed by atoms with E-state index in [2.05, 4.69) is 11.8 Å². The normalized spacial score (nSPS) is 25.9. The molecule has 1 heterocycles. The molecule has 0 radical (unpaired) electrons. The van der Waals surface area contributed by atoms with Gasteiger partial charge in [0, 0.05) is 27.1 Å². The minimum atomic E-state index is 0.228. The van der Waals surface area contributed by atoms with Crippen molar-refractivity contribution in [2.24, 2.45) is 17.6 Å². The van der Waals surface area contributed by atoms with E-state index >= 15 is 0 Å². The van der Waals surface area contributed by atoms with Crippen molar-refractivity contribution < 1.29 is 4.79 Å². The van der Waals surface area contributed by atoms with Crippen LogP contribution in [0.15, 0.2) is 0 Å². The zero-order valence-electron chi connectivity index (χ0n) is 11.5. The van der Waals surface area contributed by atoms with Crippen LogP contribution >= 0.6 is 0 Å². The number of rotatable bonds is 5. The van der Waals surface area contributed by atoms with Crippen LogP contribution < -0.4 is 5.73 Å². The van der Waals surface area contributed by atoms with E-state index in [0.29, 0.717) is 12.3 Å². The molecule has 0 saturated carbocycles. The SMILES string of the molecule is CC1CCN(CCCC(=O)N(C)C)CC1CN. The number of nitrogens with zero attached hydrogens (tertiary/aromatic N) is 2. The van der Waals surface area contributed by atoms with Crippen molar-refractivity contribution in [2.45, 2.75) is 26.2 Å².